The summed E-state index contributed by atoms with van der Waals surface area (Å²) in [4.78, 5) is 54.6. The fourth-order valence-electron chi connectivity index (χ4n) is 4.78. The molecular weight excluding hydrogens is 476 g/mol. The van der Waals surface area contributed by atoms with Crippen molar-refractivity contribution in [3.8, 4) is 5.75 Å². The van der Waals surface area contributed by atoms with Crippen LogP contribution in [0.4, 0.5) is 0 Å². The summed E-state index contributed by atoms with van der Waals surface area (Å²) in [6, 6.07) is 5.16. The van der Waals surface area contributed by atoms with Crippen LogP contribution >= 0.6 is 0 Å². The summed E-state index contributed by atoms with van der Waals surface area (Å²) in [6.45, 7) is 9.68. The molecule has 0 saturated carbocycles. The highest BCUT2D eigenvalue weighted by molar-refractivity contribution is 6.01. The molecule has 1 fully saturated rings. The van der Waals surface area contributed by atoms with E-state index in [1.54, 1.807) is 19.2 Å². The summed E-state index contributed by atoms with van der Waals surface area (Å²) in [7, 11) is 2.79. The van der Waals surface area contributed by atoms with Crippen LogP contribution in [0.15, 0.2) is 24.3 Å². The first-order valence-electron chi connectivity index (χ1n) is 12.4. The van der Waals surface area contributed by atoms with E-state index in [1.807, 2.05) is 46.8 Å². The van der Waals surface area contributed by atoms with Crippen LogP contribution in [0, 0.1) is 11.3 Å². The Labute approximate surface area is 217 Å². The van der Waals surface area contributed by atoms with Crippen molar-refractivity contribution in [2.24, 2.45) is 11.3 Å². The topological polar surface area (TPSA) is 139 Å². The number of esters is 1. The minimum absolute atomic E-state index is 0.103. The minimum atomic E-state index is -1.03. The molecule has 0 bridgehead atoms. The number of hydrogen-bond acceptors (Lipinski definition) is 6. The van der Waals surface area contributed by atoms with E-state index in [1.165, 1.54) is 7.11 Å². The summed E-state index contributed by atoms with van der Waals surface area (Å²) in [5.74, 6) is -1.62. The molecule has 0 spiro atoms. The number of carbonyl (C=O) groups is 4. The molecular formula is C27H38N4O6. The van der Waals surface area contributed by atoms with E-state index in [0.717, 1.165) is 10.9 Å². The number of fused-ring (bicyclic) bond motifs is 1. The van der Waals surface area contributed by atoms with Gasteiger partial charge in [0.25, 0.3) is 5.91 Å². The number of amides is 3. The highest BCUT2D eigenvalue weighted by Gasteiger charge is 2.40. The lowest BCUT2D eigenvalue weighted by Gasteiger charge is -2.28. The van der Waals surface area contributed by atoms with Gasteiger partial charge in [-0.25, -0.2) is 4.79 Å². The van der Waals surface area contributed by atoms with Gasteiger partial charge in [0.2, 0.25) is 11.8 Å². The Morgan fingerprint density at radius 1 is 1.14 bits per heavy atom. The van der Waals surface area contributed by atoms with E-state index >= 15 is 0 Å². The summed E-state index contributed by atoms with van der Waals surface area (Å²) in [5.41, 5.74) is 0.303. The molecule has 10 heteroatoms. The third-order valence-corrected chi connectivity index (χ3v) is 6.44. The normalized spacial score (nSPS) is 18.6. The van der Waals surface area contributed by atoms with Gasteiger partial charge in [-0.05, 0) is 56.7 Å². The third kappa shape index (κ3) is 7.02. The van der Waals surface area contributed by atoms with Gasteiger partial charge in [0, 0.05) is 22.4 Å². The van der Waals surface area contributed by atoms with E-state index < -0.39 is 41.3 Å². The first-order valence-corrected chi connectivity index (χ1v) is 12.4. The first-order chi connectivity index (χ1) is 17.2. The number of carbonyl (C=O) groups excluding carboxylic acids is 4. The highest BCUT2D eigenvalue weighted by atomic mass is 16.5. The number of methoxy groups -OCH3 is 2. The highest BCUT2D eigenvalue weighted by Crippen LogP contribution is 2.29. The zero-order chi connectivity index (χ0) is 27.5. The molecule has 202 valence electrons. The lowest BCUT2D eigenvalue weighted by Crippen LogP contribution is -2.53. The van der Waals surface area contributed by atoms with Crippen LogP contribution in [0.5, 0.6) is 5.75 Å². The fraction of sp³-hybridized carbons (Fsp3) is 0.556. The SMILES string of the molecule is COC(=O)[C@H](C[C@@H]1CC(C)(C)NC1=O)NC(=O)[C@H](CC(C)(C)C)NC(=O)c1cc2c(OC)cccc2[nH]1. The molecule has 1 aliphatic heterocycles. The van der Waals surface area contributed by atoms with Crippen LogP contribution in [0.1, 0.15) is 64.4 Å². The zero-order valence-electron chi connectivity index (χ0n) is 22.6. The average Bonchev–Trinajstić information content (AvgIpc) is 3.36. The summed E-state index contributed by atoms with van der Waals surface area (Å²) < 4.78 is 10.3. The summed E-state index contributed by atoms with van der Waals surface area (Å²) in [5, 5.41) is 9.19. The second kappa shape index (κ2) is 10.8. The van der Waals surface area contributed by atoms with Crippen molar-refractivity contribution in [1.29, 1.82) is 0 Å². The van der Waals surface area contributed by atoms with Gasteiger partial charge in [0.15, 0.2) is 0 Å². The Morgan fingerprint density at radius 2 is 1.84 bits per heavy atom. The predicted molar refractivity (Wildman–Crippen MR) is 139 cm³/mol. The zero-order valence-corrected chi connectivity index (χ0v) is 22.6. The molecule has 37 heavy (non-hydrogen) atoms. The molecule has 1 aromatic heterocycles. The molecule has 0 radical (unpaired) electrons. The van der Waals surface area contributed by atoms with Gasteiger partial charge in [-0.3, -0.25) is 14.4 Å². The number of aromatic nitrogens is 1. The largest absolute Gasteiger partial charge is 0.496 e. The molecule has 3 atom stereocenters. The lowest BCUT2D eigenvalue weighted by molar-refractivity contribution is -0.146. The second-order valence-electron chi connectivity index (χ2n) is 11.5. The summed E-state index contributed by atoms with van der Waals surface area (Å²) >= 11 is 0. The maximum absolute atomic E-state index is 13.4. The van der Waals surface area contributed by atoms with E-state index in [0.29, 0.717) is 18.6 Å². The Morgan fingerprint density at radius 3 is 2.41 bits per heavy atom. The monoisotopic (exact) mass is 514 g/mol. The van der Waals surface area contributed by atoms with Crippen LogP contribution in [-0.2, 0) is 19.1 Å². The number of hydrogen-bond donors (Lipinski definition) is 4. The maximum atomic E-state index is 13.4. The third-order valence-electron chi connectivity index (χ3n) is 6.44. The Balaban J connectivity index is 1.80. The van der Waals surface area contributed by atoms with E-state index in [-0.39, 0.29) is 23.4 Å². The standard InChI is InChI=1S/C27H38N4O6/c1-26(2,3)14-20(30-23(33)18-12-16-17(28-18)9-8-10-21(16)36-6)24(34)29-19(25(35)37-7)11-15-13-27(4,5)31-22(15)32/h8-10,12,15,19-20,28H,11,13-14H2,1-7H3,(H,29,34)(H,30,33)(H,31,32)/t15-,19+,20+/m1/s1. The molecule has 2 heterocycles. The fourth-order valence-corrected chi connectivity index (χ4v) is 4.78. The number of ether oxygens (including phenoxy) is 2. The number of rotatable bonds is 9. The van der Waals surface area contributed by atoms with E-state index in [4.69, 9.17) is 9.47 Å². The Hall–Kier alpha value is -3.56. The van der Waals surface area contributed by atoms with Crippen molar-refractivity contribution in [3.63, 3.8) is 0 Å². The smallest absolute Gasteiger partial charge is 0.328 e. The van der Waals surface area contributed by atoms with Crippen molar-refractivity contribution < 1.29 is 28.7 Å². The van der Waals surface area contributed by atoms with E-state index in [9.17, 15) is 19.2 Å². The van der Waals surface area contributed by atoms with Gasteiger partial charge in [-0.15, -0.1) is 0 Å². The number of aromatic amines is 1. The summed E-state index contributed by atoms with van der Waals surface area (Å²) in [6.07, 6.45) is 0.950. The van der Waals surface area contributed by atoms with Crippen LogP contribution in [-0.4, -0.2) is 60.5 Å². The van der Waals surface area contributed by atoms with Gasteiger partial charge in [0.1, 0.15) is 23.5 Å². The molecule has 2 aromatic rings. The molecule has 10 nitrogen and oxygen atoms in total. The predicted octanol–water partition coefficient (Wildman–Crippen LogP) is 2.67. The molecule has 3 amide bonds. The van der Waals surface area contributed by atoms with Gasteiger partial charge in [-0.1, -0.05) is 26.8 Å². The van der Waals surface area contributed by atoms with Gasteiger partial charge >= 0.3 is 5.97 Å². The Kier molecular flexibility index (Phi) is 8.19. The number of H-pyrrole nitrogens is 1. The van der Waals surface area contributed by atoms with Crippen LogP contribution in [0.2, 0.25) is 0 Å². The quantitative estimate of drug-likeness (QED) is 0.380. The maximum Gasteiger partial charge on any atom is 0.328 e. The molecule has 0 unspecified atom stereocenters. The molecule has 1 aliphatic rings. The van der Waals surface area contributed by atoms with Crippen molar-refractivity contribution >= 4 is 34.6 Å². The Bertz CT molecular complexity index is 1180. The van der Waals surface area contributed by atoms with Gasteiger partial charge in [-0.2, -0.15) is 0 Å². The molecule has 4 N–H and O–H groups in total. The van der Waals surface area contributed by atoms with Crippen molar-refractivity contribution in [2.75, 3.05) is 14.2 Å². The first kappa shape index (κ1) is 28.0. The minimum Gasteiger partial charge on any atom is -0.496 e. The molecule has 1 aromatic carbocycles. The lowest BCUT2D eigenvalue weighted by atomic mass is 9.87. The molecule has 1 saturated heterocycles. The average molecular weight is 515 g/mol. The van der Waals surface area contributed by atoms with Crippen LogP contribution in [0.25, 0.3) is 10.9 Å². The second-order valence-corrected chi connectivity index (χ2v) is 11.5. The van der Waals surface area contributed by atoms with Crippen molar-refractivity contribution in [2.45, 2.75) is 71.5 Å². The number of benzene rings is 1. The van der Waals surface area contributed by atoms with Gasteiger partial charge in [0.05, 0.1) is 14.2 Å². The number of nitrogens with one attached hydrogen (secondary N) is 4. The molecule has 3 rings (SSSR count). The van der Waals surface area contributed by atoms with E-state index in [2.05, 4.69) is 20.9 Å². The van der Waals surface area contributed by atoms with Crippen molar-refractivity contribution in [1.82, 2.24) is 20.9 Å². The van der Waals surface area contributed by atoms with Gasteiger partial charge < -0.3 is 30.4 Å². The molecule has 0 aliphatic carbocycles. The van der Waals surface area contributed by atoms with Crippen LogP contribution < -0.4 is 20.7 Å². The van der Waals surface area contributed by atoms with Crippen LogP contribution in [0.3, 0.4) is 0 Å². The van der Waals surface area contributed by atoms with Crippen molar-refractivity contribution in [3.05, 3.63) is 30.0 Å².